The predicted molar refractivity (Wildman–Crippen MR) is 50.4 cm³/mol. The molecule has 1 nitrogen and oxygen atoms in total. The zero-order valence-electron chi connectivity index (χ0n) is 7.91. The maximum atomic E-state index is 3.30. The predicted octanol–water partition coefficient (Wildman–Crippen LogP) is 2.04. The lowest BCUT2D eigenvalue weighted by Crippen LogP contribution is -2.21. The highest BCUT2D eigenvalue weighted by Crippen LogP contribution is 2.01. The van der Waals surface area contributed by atoms with Crippen molar-refractivity contribution in [2.75, 3.05) is 13.1 Å². The highest BCUT2D eigenvalue weighted by Gasteiger charge is 1.97. The first-order chi connectivity index (χ1) is 5.31. The van der Waals surface area contributed by atoms with Gasteiger partial charge in [-0.05, 0) is 25.8 Å². The monoisotopic (exact) mass is 153 g/mol. The fourth-order valence-electron chi connectivity index (χ4n) is 1.06. The van der Waals surface area contributed by atoms with Gasteiger partial charge in [-0.25, -0.2) is 0 Å². The molecule has 0 saturated heterocycles. The summed E-state index contributed by atoms with van der Waals surface area (Å²) in [6.07, 6.45) is 2.59. The van der Waals surface area contributed by atoms with Crippen LogP contribution in [0.4, 0.5) is 0 Å². The van der Waals surface area contributed by atoms with Gasteiger partial charge >= 0.3 is 0 Å². The summed E-state index contributed by atoms with van der Waals surface area (Å²) in [6, 6.07) is 0. The van der Waals surface area contributed by atoms with E-state index < -0.39 is 0 Å². The maximum absolute atomic E-state index is 3.30. The molecule has 0 aliphatic rings. The molecule has 0 amide bonds. The third-order valence-electron chi connectivity index (χ3n) is 1.66. The Morgan fingerprint density at radius 1 is 1.45 bits per heavy atom. The second kappa shape index (κ2) is 7.63. The van der Waals surface area contributed by atoms with Crippen molar-refractivity contribution >= 4 is 0 Å². The van der Waals surface area contributed by atoms with E-state index in [9.17, 15) is 0 Å². The van der Waals surface area contributed by atoms with Gasteiger partial charge in [0, 0.05) is 0 Å². The summed E-state index contributed by atoms with van der Waals surface area (Å²) in [6.45, 7) is 8.31. The Balaban J connectivity index is 3.14. The van der Waals surface area contributed by atoms with Crippen LogP contribution in [0.25, 0.3) is 0 Å². The van der Waals surface area contributed by atoms with Crippen LogP contribution in [0.1, 0.15) is 33.6 Å². The van der Waals surface area contributed by atoms with E-state index in [0.717, 1.165) is 19.0 Å². The fourth-order valence-corrected chi connectivity index (χ4v) is 1.06. The molecule has 0 fully saturated rings. The van der Waals surface area contributed by atoms with E-state index in [1.165, 1.54) is 12.8 Å². The molecule has 0 aromatic heterocycles. The van der Waals surface area contributed by atoms with Crippen molar-refractivity contribution in [2.24, 2.45) is 5.92 Å². The van der Waals surface area contributed by atoms with Gasteiger partial charge < -0.3 is 5.32 Å². The second-order valence-corrected chi connectivity index (χ2v) is 2.95. The molecule has 0 unspecified atom stereocenters. The minimum atomic E-state index is 0.790. The Bertz CT molecular complexity index is 130. The summed E-state index contributed by atoms with van der Waals surface area (Å²) in [5.74, 6) is 6.64. The molecule has 0 aliphatic heterocycles. The highest BCUT2D eigenvalue weighted by atomic mass is 14.8. The lowest BCUT2D eigenvalue weighted by Gasteiger charge is -2.08. The van der Waals surface area contributed by atoms with Crippen LogP contribution in [0.15, 0.2) is 0 Å². The van der Waals surface area contributed by atoms with Gasteiger partial charge in [0.05, 0.1) is 6.54 Å². The summed E-state index contributed by atoms with van der Waals surface area (Å²) < 4.78 is 0. The van der Waals surface area contributed by atoms with Crippen molar-refractivity contribution in [3.8, 4) is 11.8 Å². The average molecular weight is 153 g/mol. The number of hydrogen-bond acceptors (Lipinski definition) is 1. The molecule has 0 saturated carbocycles. The molecule has 0 aromatic rings. The first kappa shape index (κ1) is 10.5. The number of rotatable bonds is 5. The van der Waals surface area contributed by atoms with Gasteiger partial charge in [-0.1, -0.05) is 26.2 Å². The summed E-state index contributed by atoms with van der Waals surface area (Å²) in [5, 5.41) is 3.30. The first-order valence-corrected chi connectivity index (χ1v) is 4.41. The van der Waals surface area contributed by atoms with Gasteiger partial charge in [-0.2, -0.15) is 0 Å². The minimum Gasteiger partial charge on any atom is -0.306 e. The van der Waals surface area contributed by atoms with Crippen LogP contribution in [0.5, 0.6) is 0 Å². The smallest absolute Gasteiger partial charge is 0.0576 e. The Morgan fingerprint density at radius 3 is 2.73 bits per heavy atom. The van der Waals surface area contributed by atoms with Crippen LogP contribution in [0.3, 0.4) is 0 Å². The van der Waals surface area contributed by atoms with Gasteiger partial charge in [-0.3, -0.25) is 0 Å². The topological polar surface area (TPSA) is 12.0 Å². The van der Waals surface area contributed by atoms with Crippen LogP contribution in [-0.2, 0) is 0 Å². The minimum absolute atomic E-state index is 0.790. The molecule has 0 rings (SSSR count). The average Bonchev–Trinajstić information content (AvgIpc) is 1.99. The van der Waals surface area contributed by atoms with Crippen molar-refractivity contribution in [1.29, 1.82) is 0 Å². The van der Waals surface area contributed by atoms with Crippen molar-refractivity contribution < 1.29 is 0 Å². The van der Waals surface area contributed by atoms with Crippen LogP contribution in [0.2, 0.25) is 0 Å². The molecule has 0 bridgehead atoms. The summed E-state index contributed by atoms with van der Waals surface area (Å²) >= 11 is 0. The van der Waals surface area contributed by atoms with E-state index in [2.05, 4.69) is 31.0 Å². The molecular weight excluding hydrogens is 134 g/mol. The van der Waals surface area contributed by atoms with Crippen molar-refractivity contribution in [1.82, 2.24) is 5.32 Å². The van der Waals surface area contributed by atoms with E-state index in [-0.39, 0.29) is 0 Å². The van der Waals surface area contributed by atoms with Crippen molar-refractivity contribution in [3.63, 3.8) is 0 Å². The zero-order valence-corrected chi connectivity index (χ0v) is 7.91. The third kappa shape index (κ3) is 7.42. The van der Waals surface area contributed by atoms with E-state index in [4.69, 9.17) is 0 Å². The first-order valence-electron chi connectivity index (χ1n) is 4.41. The fraction of sp³-hybridized carbons (Fsp3) is 0.800. The molecule has 0 heterocycles. The summed E-state index contributed by atoms with van der Waals surface area (Å²) in [4.78, 5) is 0. The highest BCUT2D eigenvalue weighted by molar-refractivity contribution is 4.96. The third-order valence-corrected chi connectivity index (χ3v) is 1.66. The Kier molecular flexibility index (Phi) is 7.29. The standard InChI is InChI=1S/C10H19N/c1-4-6-8-11-9-10(3)7-5-2/h10-11H,5,7-9H2,1-3H3/t10-/m0/s1. The van der Waals surface area contributed by atoms with E-state index >= 15 is 0 Å². The largest absolute Gasteiger partial charge is 0.306 e. The molecule has 11 heavy (non-hydrogen) atoms. The Morgan fingerprint density at radius 2 is 2.18 bits per heavy atom. The zero-order chi connectivity index (χ0) is 8.53. The Labute approximate surface area is 70.6 Å². The molecule has 0 radical (unpaired) electrons. The SMILES string of the molecule is CC#CCNC[C@@H](C)CCC. The molecular formula is C10H19N. The van der Waals surface area contributed by atoms with Crippen molar-refractivity contribution in [3.05, 3.63) is 0 Å². The van der Waals surface area contributed by atoms with Gasteiger partial charge in [0.25, 0.3) is 0 Å². The summed E-state index contributed by atoms with van der Waals surface area (Å²) in [7, 11) is 0. The molecule has 0 aliphatic carbocycles. The van der Waals surface area contributed by atoms with E-state index in [0.29, 0.717) is 0 Å². The van der Waals surface area contributed by atoms with Gasteiger partial charge in [0.15, 0.2) is 0 Å². The molecule has 0 aromatic carbocycles. The molecule has 64 valence electrons. The normalized spacial score (nSPS) is 11.9. The summed E-state index contributed by atoms with van der Waals surface area (Å²) in [5.41, 5.74) is 0. The Hall–Kier alpha value is -0.480. The molecule has 1 heteroatoms. The number of nitrogens with one attached hydrogen (secondary N) is 1. The van der Waals surface area contributed by atoms with Gasteiger partial charge in [-0.15, -0.1) is 5.92 Å². The van der Waals surface area contributed by atoms with Crippen LogP contribution < -0.4 is 5.32 Å². The molecule has 1 N–H and O–H groups in total. The van der Waals surface area contributed by atoms with Crippen LogP contribution >= 0.6 is 0 Å². The molecule has 1 atom stereocenters. The van der Waals surface area contributed by atoms with Crippen LogP contribution in [0, 0.1) is 17.8 Å². The second-order valence-electron chi connectivity index (χ2n) is 2.95. The number of hydrogen-bond donors (Lipinski definition) is 1. The van der Waals surface area contributed by atoms with E-state index in [1.54, 1.807) is 0 Å². The maximum Gasteiger partial charge on any atom is 0.0576 e. The van der Waals surface area contributed by atoms with Gasteiger partial charge in [0.1, 0.15) is 0 Å². The van der Waals surface area contributed by atoms with Crippen LogP contribution in [-0.4, -0.2) is 13.1 Å². The molecule has 0 spiro atoms. The van der Waals surface area contributed by atoms with Crippen molar-refractivity contribution in [2.45, 2.75) is 33.6 Å². The lowest BCUT2D eigenvalue weighted by atomic mass is 10.1. The lowest BCUT2D eigenvalue weighted by molar-refractivity contribution is 0.490. The quantitative estimate of drug-likeness (QED) is 0.471. The van der Waals surface area contributed by atoms with Gasteiger partial charge in [0.2, 0.25) is 0 Å². The van der Waals surface area contributed by atoms with E-state index in [1.807, 2.05) is 6.92 Å².